The second-order valence-corrected chi connectivity index (χ2v) is 4.19. The van der Waals surface area contributed by atoms with E-state index in [1.54, 1.807) is 0 Å². The lowest BCUT2D eigenvalue weighted by molar-refractivity contribution is 0.136. The number of ether oxygens (including phenoxy) is 1. The van der Waals surface area contributed by atoms with Crippen molar-refractivity contribution in [2.24, 2.45) is 0 Å². The van der Waals surface area contributed by atoms with Crippen LogP contribution in [-0.4, -0.2) is 11.1 Å². The van der Waals surface area contributed by atoms with E-state index in [1.807, 2.05) is 39.8 Å². The molecule has 0 fully saturated rings. The van der Waals surface area contributed by atoms with Crippen LogP contribution in [0.5, 0.6) is 0 Å². The molecule has 3 heteroatoms. The fourth-order valence-corrected chi connectivity index (χ4v) is 1.51. The van der Waals surface area contributed by atoms with Crippen LogP contribution in [0.25, 0.3) is 0 Å². The van der Waals surface area contributed by atoms with Crippen molar-refractivity contribution in [1.29, 1.82) is 0 Å². The van der Waals surface area contributed by atoms with Crippen molar-refractivity contribution in [2.45, 2.75) is 38.8 Å². The van der Waals surface area contributed by atoms with Crippen molar-refractivity contribution in [3.05, 3.63) is 23.3 Å². The predicted octanol–water partition coefficient (Wildman–Crippen LogP) is 4.07. The molecule has 0 aliphatic carbocycles. The molecular weight excluding hydrogens is 207 g/mol. The number of allylic oxidation sites excluding steroid dienone is 2. The van der Waals surface area contributed by atoms with Crippen molar-refractivity contribution >= 4 is 23.2 Å². The van der Waals surface area contributed by atoms with E-state index in [9.17, 15) is 0 Å². The highest BCUT2D eigenvalue weighted by Gasteiger charge is 2.06. The molecule has 0 saturated carbocycles. The summed E-state index contributed by atoms with van der Waals surface area (Å²) in [5, 5.41) is 0. The summed E-state index contributed by atoms with van der Waals surface area (Å²) < 4.78 is 5.25. The molecule has 0 aliphatic rings. The number of hydrogen-bond donors (Lipinski definition) is 0. The first-order chi connectivity index (χ1) is 5.91. The van der Waals surface area contributed by atoms with Gasteiger partial charge in [-0.15, -0.1) is 0 Å². The van der Waals surface area contributed by atoms with Crippen LogP contribution in [0.2, 0.25) is 0 Å². The maximum Gasteiger partial charge on any atom is 0.152 e. The summed E-state index contributed by atoms with van der Waals surface area (Å²) in [5.41, 5.74) is 1.31. The zero-order valence-corrected chi connectivity index (χ0v) is 9.99. The number of hydrogen-bond acceptors (Lipinski definition) is 1. The first-order valence-electron chi connectivity index (χ1n) is 4.15. The lowest BCUT2D eigenvalue weighted by atomic mass is 10.3. The van der Waals surface area contributed by atoms with Gasteiger partial charge in [0.15, 0.2) is 11.1 Å². The molecule has 0 heterocycles. The lowest BCUT2D eigenvalue weighted by Gasteiger charge is -2.10. The number of rotatable bonds is 4. The van der Waals surface area contributed by atoms with E-state index in [0.29, 0.717) is 0 Å². The fraction of sp³-hybridized carbons (Fsp3) is 0.600. The topological polar surface area (TPSA) is 9.23 Å². The van der Waals surface area contributed by atoms with Gasteiger partial charge in [-0.3, -0.25) is 0 Å². The van der Waals surface area contributed by atoms with Gasteiger partial charge < -0.3 is 4.74 Å². The molecule has 76 valence electrons. The van der Waals surface area contributed by atoms with Gasteiger partial charge in [0.1, 0.15) is 0 Å². The molecule has 0 spiro atoms. The molecule has 2 atom stereocenters. The Morgan fingerprint density at radius 1 is 0.923 bits per heavy atom. The molecule has 2 unspecified atom stereocenters. The first kappa shape index (κ1) is 13.0. The molecule has 1 nitrogen and oxygen atoms in total. The van der Waals surface area contributed by atoms with E-state index in [4.69, 9.17) is 27.9 Å². The number of alkyl halides is 2. The summed E-state index contributed by atoms with van der Waals surface area (Å²) in [5.74, 6) is 0. The Morgan fingerprint density at radius 3 is 1.46 bits per heavy atom. The Balaban J connectivity index is 3.99. The normalized spacial score (nSPS) is 14.6. The molecule has 0 aromatic carbocycles. The highest BCUT2D eigenvalue weighted by molar-refractivity contribution is 6.23. The van der Waals surface area contributed by atoms with Gasteiger partial charge in [-0.1, -0.05) is 34.3 Å². The predicted molar refractivity (Wildman–Crippen MR) is 59.2 cm³/mol. The van der Waals surface area contributed by atoms with E-state index in [0.717, 1.165) is 11.1 Å². The van der Waals surface area contributed by atoms with Crippen molar-refractivity contribution < 1.29 is 4.74 Å². The lowest BCUT2D eigenvalue weighted by Crippen LogP contribution is -2.09. The minimum atomic E-state index is -0.455. The van der Waals surface area contributed by atoms with Crippen LogP contribution in [0.15, 0.2) is 23.3 Å². The summed E-state index contributed by atoms with van der Waals surface area (Å²) in [6.07, 6.45) is 3.63. The van der Waals surface area contributed by atoms with Gasteiger partial charge in [0.25, 0.3) is 0 Å². The third-order valence-electron chi connectivity index (χ3n) is 1.19. The molecular formula is C10H16Cl2O. The average molecular weight is 223 g/mol. The van der Waals surface area contributed by atoms with Gasteiger partial charge in [0.05, 0.1) is 0 Å². The van der Waals surface area contributed by atoms with Crippen LogP contribution in [0.1, 0.15) is 27.7 Å². The second kappa shape index (κ2) is 6.47. The van der Waals surface area contributed by atoms with Crippen LogP contribution in [0.3, 0.4) is 0 Å². The van der Waals surface area contributed by atoms with E-state index >= 15 is 0 Å². The second-order valence-electron chi connectivity index (χ2n) is 3.33. The Morgan fingerprint density at radius 2 is 1.23 bits per heavy atom. The van der Waals surface area contributed by atoms with Crippen LogP contribution < -0.4 is 0 Å². The van der Waals surface area contributed by atoms with Crippen LogP contribution >= 0.6 is 23.2 Å². The van der Waals surface area contributed by atoms with Crippen molar-refractivity contribution in [1.82, 2.24) is 0 Å². The molecule has 0 saturated heterocycles. The molecule has 0 aromatic heterocycles. The summed E-state index contributed by atoms with van der Waals surface area (Å²) in [4.78, 5) is 0. The van der Waals surface area contributed by atoms with Gasteiger partial charge in [0, 0.05) is 0 Å². The van der Waals surface area contributed by atoms with Crippen molar-refractivity contribution in [3.8, 4) is 0 Å². The molecule has 0 bridgehead atoms. The average Bonchev–Trinajstić information content (AvgIpc) is 1.80. The molecule has 0 aliphatic heterocycles. The molecule has 0 aromatic rings. The van der Waals surface area contributed by atoms with E-state index in [2.05, 4.69) is 0 Å². The quantitative estimate of drug-likeness (QED) is 0.515. The third kappa shape index (κ3) is 8.35. The fourth-order valence-electron chi connectivity index (χ4n) is 0.727. The maximum atomic E-state index is 5.84. The van der Waals surface area contributed by atoms with Crippen molar-refractivity contribution in [3.63, 3.8) is 0 Å². The van der Waals surface area contributed by atoms with E-state index < -0.39 is 11.1 Å². The van der Waals surface area contributed by atoms with Crippen molar-refractivity contribution in [2.75, 3.05) is 0 Å². The van der Waals surface area contributed by atoms with Gasteiger partial charge in [0.2, 0.25) is 0 Å². The van der Waals surface area contributed by atoms with Crippen LogP contribution in [0, 0.1) is 0 Å². The minimum absolute atomic E-state index is 0.455. The summed E-state index contributed by atoms with van der Waals surface area (Å²) in [6, 6.07) is 0. The maximum absolute atomic E-state index is 5.84. The molecule has 0 N–H and O–H groups in total. The molecule has 13 heavy (non-hydrogen) atoms. The largest absolute Gasteiger partial charge is 0.336 e. The highest BCUT2D eigenvalue weighted by Crippen LogP contribution is 2.12. The zero-order chi connectivity index (χ0) is 10.4. The smallest absolute Gasteiger partial charge is 0.152 e. The first-order valence-corrected chi connectivity index (χ1v) is 5.02. The minimum Gasteiger partial charge on any atom is -0.336 e. The van der Waals surface area contributed by atoms with Crippen LogP contribution in [0.4, 0.5) is 0 Å². The summed E-state index contributed by atoms with van der Waals surface area (Å²) in [6.45, 7) is 7.84. The van der Waals surface area contributed by atoms with E-state index in [1.165, 1.54) is 0 Å². The zero-order valence-electron chi connectivity index (χ0n) is 8.47. The number of halogens is 2. The van der Waals surface area contributed by atoms with Crippen LogP contribution in [-0.2, 0) is 4.74 Å². The Bertz CT molecular complexity index is 179. The Hall–Kier alpha value is 0.0200. The summed E-state index contributed by atoms with van der Waals surface area (Å²) in [7, 11) is 0. The molecule has 0 rings (SSSR count). The monoisotopic (exact) mass is 222 g/mol. The summed E-state index contributed by atoms with van der Waals surface area (Å²) >= 11 is 11.7. The third-order valence-corrected chi connectivity index (χ3v) is 1.65. The van der Waals surface area contributed by atoms with Gasteiger partial charge in [-0.2, -0.15) is 0 Å². The standard InChI is InChI=1S/C10H16Cl2O/c1-7(2)5-9(11)13-10(12)6-8(3)4/h5-6,9-10H,1-4H3. The highest BCUT2D eigenvalue weighted by atomic mass is 35.5. The van der Waals surface area contributed by atoms with Gasteiger partial charge in [-0.05, 0) is 39.8 Å². The molecule has 0 radical (unpaired) electrons. The Kier molecular flexibility index (Phi) is 6.48. The van der Waals surface area contributed by atoms with E-state index in [-0.39, 0.29) is 0 Å². The SMILES string of the molecule is CC(C)=CC(Cl)OC(Cl)C=C(C)C. The Labute approximate surface area is 90.4 Å². The molecule has 0 amide bonds. The van der Waals surface area contributed by atoms with Gasteiger partial charge >= 0.3 is 0 Å². The van der Waals surface area contributed by atoms with Gasteiger partial charge in [-0.25, -0.2) is 0 Å².